The van der Waals surface area contributed by atoms with Crippen molar-refractivity contribution in [2.75, 3.05) is 25.5 Å². The lowest BCUT2D eigenvalue weighted by molar-refractivity contribution is -0.903. The number of benzene rings is 2. The van der Waals surface area contributed by atoms with Crippen LogP contribution in [0.2, 0.25) is 0 Å². The smallest absolute Gasteiger partial charge is 0.336 e. The number of ether oxygens (including phenoxy) is 1. The SMILES string of the molecule is CC[NH+](CC(=O)Nc1ccccc1OC)Cc1cc(=O)oc2cc(C)c(C)cc12. The Hall–Kier alpha value is -3.12. The molecule has 0 saturated heterocycles. The monoisotopic (exact) mass is 395 g/mol. The van der Waals surface area contributed by atoms with E-state index >= 15 is 0 Å². The molecule has 6 heteroatoms. The number of nitrogens with one attached hydrogen (secondary N) is 2. The first-order chi connectivity index (χ1) is 13.9. The highest BCUT2D eigenvalue weighted by Crippen LogP contribution is 2.23. The molecule has 3 aromatic rings. The van der Waals surface area contributed by atoms with Crippen molar-refractivity contribution >= 4 is 22.6 Å². The van der Waals surface area contributed by atoms with E-state index in [1.165, 1.54) is 6.07 Å². The van der Waals surface area contributed by atoms with E-state index in [0.717, 1.165) is 33.5 Å². The highest BCUT2D eigenvalue weighted by atomic mass is 16.5. The van der Waals surface area contributed by atoms with E-state index in [9.17, 15) is 9.59 Å². The summed E-state index contributed by atoms with van der Waals surface area (Å²) in [5, 5.41) is 3.83. The van der Waals surface area contributed by atoms with E-state index in [0.29, 0.717) is 23.6 Å². The molecule has 29 heavy (non-hydrogen) atoms. The third kappa shape index (κ3) is 4.84. The molecule has 0 radical (unpaired) electrons. The first-order valence-electron chi connectivity index (χ1n) is 9.71. The number of para-hydroxylation sites is 2. The zero-order chi connectivity index (χ0) is 21.0. The average molecular weight is 395 g/mol. The van der Waals surface area contributed by atoms with Crippen LogP contribution in [0, 0.1) is 13.8 Å². The highest BCUT2D eigenvalue weighted by molar-refractivity contribution is 5.93. The number of rotatable bonds is 7. The van der Waals surface area contributed by atoms with Gasteiger partial charge in [0.05, 0.1) is 19.3 Å². The van der Waals surface area contributed by atoms with Crippen LogP contribution in [0.5, 0.6) is 5.75 Å². The van der Waals surface area contributed by atoms with E-state index in [-0.39, 0.29) is 18.1 Å². The first kappa shape index (κ1) is 20.6. The fourth-order valence-corrected chi connectivity index (χ4v) is 3.38. The Morgan fingerprint density at radius 1 is 1.14 bits per heavy atom. The molecule has 1 amide bonds. The van der Waals surface area contributed by atoms with Gasteiger partial charge in [0.2, 0.25) is 0 Å². The van der Waals surface area contributed by atoms with Crippen molar-refractivity contribution in [2.24, 2.45) is 0 Å². The van der Waals surface area contributed by atoms with E-state index in [1.54, 1.807) is 13.2 Å². The van der Waals surface area contributed by atoms with Gasteiger partial charge in [-0.25, -0.2) is 4.79 Å². The van der Waals surface area contributed by atoms with Gasteiger partial charge < -0.3 is 19.4 Å². The highest BCUT2D eigenvalue weighted by Gasteiger charge is 2.17. The number of hydrogen-bond acceptors (Lipinski definition) is 4. The fourth-order valence-electron chi connectivity index (χ4n) is 3.38. The van der Waals surface area contributed by atoms with Crippen LogP contribution in [0.1, 0.15) is 23.6 Å². The Balaban J connectivity index is 1.80. The van der Waals surface area contributed by atoms with Crippen molar-refractivity contribution in [3.05, 3.63) is 69.6 Å². The van der Waals surface area contributed by atoms with Gasteiger partial charge in [0.15, 0.2) is 6.54 Å². The molecule has 0 fully saturated rings. The van der Waals surface area contributed by atoms with E-state index < -0.39 is 0 Å². The molecule has 0 spiro atoms. The molecule has 0 bridgehead atoms. The van der Waals surface area contributed by atoms with Crippen molar-refractivity contribution in [1.29, 1.82) is 0 Å². The molecule has 0 aliphatic carbocycles. The van der Waals surface area contributed by atoms with Crippen molar-refractivity contribution in [1.82, 2.24) is 0 Å². The summed E-state index contributed by atoms with van der Waals surface area (Å²) in [7, 11) is 1.57. The largest absolute Gasteiger partial charge is 0.495 e. The molecule has 0 aliphatic rings. The van der Waals surface area contributed by atoms with Gasteiger partial charge in [-0.3, -0.25) is 4.79 Å². The summed E-state index contributed by atoms with van der Waals surface area (Å²) in [6.45, 7) is 7.63. The summed E-state index contributed by atoms with van der Waals surface area (Å²) in [6.07, 6.45) is 0. The van der Waals surface area contributed by atoms with Crippen LogP contribution < -0.4 is 20.6 Å². The van der Waals surface area contributed by atoms with Crippen LogP contribution in [0.4, 0.5) is 5.69 Å². The van der Waals surface area contributed by atoms with Gasteiger partial charge in [0.25, 0.3) is 5.91 Å². The zero-order valence-electron chi connectivity index (χ0n) is 17.3. The summed E-state index contributed by atoms with van der Waals surface area (Å²) < 4.78 is 10.7. The molecule has 1 heterocycles. The minimum Gasteiger partial charge on any atom is -0.495 e. The van der Waals surface area contributed by atoms with Gasteiger partial charge in [-0.1, -0.05) is 12.1 Å². The summed E-state index contributed by atoms with van der Waals surface area (Å²) in [5.41, 5.74) is 3.97. The molecule has 3 rings (SSSR count). The number of aryl methyl sites for hydroxylation is 2. The van der Waals surface area contributed by atoms with Crippen molar-refractivity contribution in [2.45, 2.75) is 27.3 Å². The number of anilines is 1. The van der Waals surface area contributed by atoms with Crippen molar-refractivity contribution in [3.63, 3.8) is 0 Å². The van der Waals surface area contributed by atoms with Crippen LogP contribution in [0.15, 0.2) is 51.7 Å². The summed E-state index contributed by atoms with van der Waals surface area (Å²) in [6, 6.07) is 12.8. The predicted molar refractivity (Wildman–Crippen MR) is 114 cm³/mol. The maximum Gasteiger partial charge on any atom is 0.336 e. The summed E-state index contributed by atoms with van der Waals surface area (Å²) in [4.78, 5) is 25.7. The second-order valence-corrected chi connectivity index (χ2v) is 7.23. The topological polar surface area (TPSA) is 73.0 Å². The molecule has 2 N–H and O–H groups in total. The lowest BCUT2D eigenvalue weighted by Crippen LogP contribution is -3.11. The molecular weight excluding hydrogens is 368 g/mol. The molecule has 1 unspecified atom stereocenters. The number of fused-ring (bicyclic) bond motifs is 1. The maximum absolute atomic E-state index is 12.6. The zero-order valence-corrected chi connectivity index (χ0v) is 17.3. The number of likely N-dealkylation sites (N-methyl/N-ethyl adjacent to an activating group) is 1. The van der Waals surface area contributed by atoms with Gasteiger partial charge in [-0.15, -0.1) is 0 Å². The van der Waals surface area contributed by atoms with Gasteiger partial charge in [-0.2, -0.15) is 0 Å². The minimum atomic E-state index is -0.371. The summed E-state index contributed by atoms with van der Waals surface area (Å²) >= 11 is 0. The maximum atomic E-state index is 12.6. The van der Waals surface area contributed by atoms with Gasteiger partial charge in [0, 0.05) is 17.0 Å². The molecule has 0 aliphatic heterocycles. The number of hydrogen-bond donors (Lipinski definition) is 2. The Morgan fingerprint density at radius 3 is 2.59 bits per heavy atom. The number of carbonyl (C=O) groups is 1. The Morgan fingerprint density at radius 2 is 1.86 bits per heavy atom. The number of quaternary nitrogens is 1. The van der Waals surface area contributed by atoms with Crippen LogP contribution in [0.25, 0.3) is 11.0 Å². The molecule has 6 nitrogen and oxygen atoms in total. The number of methoxy groups -OCH3 is 1. The second-order valence-electron chi connectivity index (χ2n) is 7.23. The third-order valence-corrected chi connectivity index (χ3v) is 5.18. The van der Waals surface area contributed by atoms with Crippen molar-refractivity contribution < 1.29 is 18.8 Å². The van der Waals surface area contributed by atoms with E-state index in [1.807, 2.05) is 51.1 Å². The van der Waals surface area contributed by atoms with Crippen LogP contribution in [-0.2, 0) is 11.3 Å². The van der Waals surface area contributed by atoms with Gasteiger partial charge >= 0.3 is 5.63 Å². The summed E-state index contributed by atoms with van der Waals surface area (Å²) in [5.74, 6) is 0.516. The van der Waals surface area contributed by atoms with E-state index in [4.69, 9.17) is 9.15 Å². The predicted octanol–water partition coefficient (Wildman–Crippen LogP) is 2.46. The van der Waals surface area contributed by atoms with Gasteiger partial charge in [-0.05, 0) is 56.2 Å². The minimum absolute atomic E-state index is 0.106. The lowest BCUT2D eigenvalue weighted by atomic mass is 10.0. The molecule has 152 valence electrons. The van der Waals surface area contributed by atoms with Crippen LogP contribution in [-0.4, -0.2) is 26.1 Å². The average Bonchev–Trinajstić information content (AvgIpc) is 2.69. The normalized spacial score (nSPS) is 12.0. The van der Waals surface area contributed by atoms with Crippen molar-refractivity contribution in [3.8, 4) is 5.75 Å². The van der Waals surface area contributed by atoms with Crippen LogP contribution >= 0.6 is 0 Å². The molecular formula is C23H27N2O4+. The quantitative estimate of drug-likeness (QED) is 0.603. The Bertz CT molecular complexity index is 1090. The standard InChI is InChI=1S/C23H26N2O4/c1-5-25(14-22(26)24-19-8-6-7-9-20(19)28-4)13-17-12-23(27)29-21-11-16(3)15(2)10-18(17)21/h6-12H,5,13-14H2,1-4H3,(H,24,26)/p+1. The molecule has 1 atom stereocenters. The van der Waals surface area contributed by atoms with E-state index in [2.05, 4.69) is 5.32 Å². The van der Waals surface area contributed by atoms with Gasteiger partial charge in [0.1, 0.15) is 17.9 Å². The molecule has 0 saturated carbocycles. The molecule has 1 aromatic heterocycles. The third-order valence-electron chi connectivity index (χ3n) is 5.18. The number of amides is 1. The second kappa shape index (κ2) is 8.92. The van der Waals surface area contributed by atoms with Crippen LogP contribution in [0.3, 0.4) is 0 Å². The fraction of sp³-hybridized carbons (Fsp3) is 0.304. The lowest BCUT2D eigenvalue weighted by Gasteiger charge is -2.19. The Labute approximate surface area is 170 Å². The molecule has 2 aromatic carbocycles. The number of carbonyl (C=O) groups excluding carboxylic acids is 1. The Kier molecular flexibility index (Phi) is 6.34. The first-order valence-corrected chi connectivity index (χ1v) is 9.71.